The average molecular weight is 431 g/mol. The number of thiocarbonyl (C=S) groups is 1. The number of nitrogens with one attached hydrogen (secondary N) is 2. The molecule has 1 aliphatic carbocycles. The largest absolute Gasteiger partial charge is 0.417 e. The summed E-state index contributed by atoms with van der Waals surface area (Å²) in [5.41, 5.74) is 0.154. The summed E-state index contributed by atoms with van der Waals surface area (Å²) in [6.45, 7) is 0.518. The van der Waals surface area contributed by atoms with Crippen LogP contribution < -0.4 is 10.6 Å². The number of rotatable bonds is 4. The van der Waals surface area contributed by atoms with E-state index in [0.29, 0.717) is 6.54 Å². The zero-order valence-corrected chi connectivity index (χ0v) is 16.4. The minimum atomic E-state index is -4.54. The first-order chi connectivity index (χ1) is 13.2. The van der Waals surface area contributed by atoms with E-state index in [2.05, 4.69) is 10.6 Å². The van der Waals surface area contributed by atoms with Crippen LogP contribution in [0.4, 0.5) is 23.2 Å². The molecule has 28 heavy (non-hydrogen) atoms. The molecule has 1 aliphatic rings. The number of hydrogen-bond acceptors (Lipinski definition) is 1. The Morgan fingerprint density at radius 2 is 1.71 bits per heavy atom. The van der Waals surface area contributed by atoms with Crippen molar-refractivity contribution < 1.29 is 17.6 Å². The molecule has 0 saturated heterocycles. The van der Waals surface area contributed by atoms with Gasteiger partial charge in [-0.15, -0.1) is 0 Å². The maximum atomic E-state index is 13.3. The lowest BCUT2D eigenvalue weighted by Gasteiger charge is -2.30. The van der Waals surface area contributed by atoms with Crippen LogP contribution in [0.25, 0.3) is 0 Å². The number of halogens is 5. The molecule has 150 valence electrons. The van der Waals surface area contributed by atoms with Crippen LogP contribution in [0.3, 0.4) is 0 Å². The van der Waals surface area contributed by atoms with Crippen molar-refractivity contribution in [2.75, 3.05) is 11.9 Å². The quantitative estimate of drug-likeness (QED) is 0.440. The van der Waals surface area contributed by atoms with Gasteiger partial charge in [-0.05, 0) is 61.0 Å². The van der Waals surface area contributed by atoms with Crippen LogP contribution in [0, 0.1) is 5.82 Å². The molecule has 3 rings (SSSR count). The lowest BCUT2D eigenvalue weighted by Crippen LogP contribution is -2.40. The summed E-state index contributed by atoms with van der Waals surface area (Å²) >= 11 is 10.9. The molecule has 2 aromatic rings. The molecule has 0 amide bonds. The molecule has 0 aromatic heterocycles. The van der Waals surface area contributed by atoms with Crippen LogP contribution >= 0.6 is 23.8 Å². The smallest absolute Gasteiger partial charge is 0.362 e. The van der Waals surface area contributed by atoms with E-state index in [1.54, 1.807) is 12.1 Å². The third-order valence-electron chi connectivity index (χ3n) is 5.13. The average Bonchev–Trinajstić information content (AvgIpc) is 3.11. The van der Waals surface area contributed by atoms with E-state index < -0.39 is 11.7 Å². The highest BCUT2D eigenvalue weighted by Crippen LogP contribution is 2.41. The molecule has 2 N–H and O–H groups in total. The fourth-order valence-corrected chi connectivity index (χ4v) is 4.08. The fourth-order valence-electron chi connectivity index (χ4n) is 3.67. The number of anilines is 1. The van der Waals surface area contributed by atoms with Crippen LogP contribution in [0.15, 0.2) is 42.5 Å². The summed E-state index contributed by atoms with van der Waals surface area (Å²) in [6, 6.07) is 10.0. The molecule has 0 spiro atoms. The summed E-state index contributed by atoms with van der Waals surface area (Å²) in [4.78, 5) is 0. The van der Waals surface area contributed by atoms with Crippen molar-refractivity contribution >= 4 is 34.6 Å². The lowest BCUT2D eigenvalue weighted by atomic mass is 9.79. The summed E-state index contributed by atoms with van der Waals surface area (Å²) in [5.74, 6) is -0.287. The molecule has 0 radical (unpaired) electrons. The van der Waals surface area contributed by atoms with Crippen molar-refractivity contribution in [2.24, 2.45) is 0 Å². The minimum absolute atomic E-state index is 0.170. The molecule has 8 heteroatoms. The Morgan fingerprint density at radius 1 is 1.07 bits per heavy atom. The molecule has 0 atom stereocenters. The Hall–Kier alpha value is -1.86. The highest BCUT2D eigenvalue weighted by molar-refractivity contribution is 7.80. The molecule has 0 bridgehead atoms. The van der Waals surface area contributed by atoms with Gasteiger partial charge in [-0.2, -0.15) is 13.2 Å². The third kappa shape index (κ3) is 4.75. The zero-order valence-electron chi connectivity index (χ0n) is 14.9. The number of benzene rings is 2. The first-order valence-corrected chi connectivity index (χ1v) is 9.66. The van der Waals surface area contributed by atoms with Gasteiger partial charge >= 0.3 is 6.18 Å². The van der Waals surface area contributed by atoms with Gasteiger partial charge in [0.1, 0.15) is 5.82 Å². The number of hydrogen-bond donors (Lipinski definition) is 2. The van der Waals surface area contributed by atoms with Crippen LogP contribution in [0.2, 0.25) is 5.02 Å². The van der Waals surface area contributed by atoms with Gasteiger partial charge in [0, 0.05) is 17.6 Å². The SMILES string of the molecule is Fc1ccc(C2(CNC(=S)Nc3ccc(Cl)c(C(F)(F)F)c3)CCCC2)cc1. The Labute approximate surface area is 171 Å². The molecule has 1 saturated carbocycles. The minimum Gasteiger partial charge on any atom is -0.362 e. The van der Waals surface area contributed by atoms with Gasteiger partial charge in [0.25, 0.3) is 0 Å². The van der Waals surface area contributed by atoms with Gasteiger partial charge in [-0.3, -0.25) is 0 Å². The van der Waals surface area contributed by atoms with Gasteiger partial charge in [-0.25, -0.2) is 4.39 Å². The zero-order chi connectivity index (χ0) is 20.4. The van der Waals surface area contributed by atoms with Crippen LogP contribution in [-0.4, -0.2) is 11.7 Å². The van der Waals surface area contributed by atoms with Crippen molar-refractivity contribution in [2.45, 2.75) is 37.3 Å². The molecular formula is C20H19ClF4N2S. The maximum Gasteiger partial charge on any atom is 0.417 e. The maximum absolute atomic E-state index is 13.3. The second-order valence-electron chi connectivity index (χ2n) is 6.99. The predicted octanol–water partition coefficient (Wildman–Crippen LogP) is 6.30. The topological polar surface area (TPSA) is 24.1 Å². The second-order valence-corrected chi connectivity index (χ2v) is 7.81. The summed E-state index contributed by atoms with van der Waals surface area (Å²) < 4.78 is 52.3. The standard InChI is InChI=1S/C20H19ClF4N2S/c21-17-8-7-15(11-16(17)20(23,24)25)27-18(28)26-12-19(9-1-2-10-19)13-3-5-14(22)6-4-13/h3-8,11H,1-2,9-10,12H2,(H2,26,27,28). The van der Waals surface area contributed by atoms with Gasteiger partial charge in [0.2, 0.25) is 0 Å². The van der Waals surface area contributed by atoms with E-state index in [0.717, 1.165) is 37.3 Å². The summed E-state index contributed by atoms with van der Waals surface area (Å²) in [5, 5.41) is 5.76. The normalized spacial score (nSPS) is 16.0. The molecular weight excluding hydrogens is 412 g/mol. The Kier molecular flexibility index (Phi) is 6.15. The summed E-state index contributed by atoms with van der Waals surface area (Å²) in [6.07, 6.45) is -0.544. The summed E-state index contributed by atoms with van der Waals surface area (Å²) in [7, 11) is 0. The van der Waals surface area contributed by atoms with E-state index in [4.69, 9.17) is 23.8 Å². The van der Waals surface area contributed by atoms with Crippen LogP contribution in [0.1, 0.15) is 36.8 Å². The highest BCUT2D eigenvalue weighted by atomic mass is 35.5. The molecule has 0 heterocycles. The van der Waals surface area contributed by atoms with E-state index in [1.165, 1.54) is 24.3 Å². The van der Waals surface area contributed by atoms with Crippen LogP contribution in [-0.2, 0) is 11.6 Å². The first-order valence-electron chi connectivity index (χ1n) is 8.87. The molecule has 2 nitrogen and oxygen atoms in total. The second kappa shape index (κ2) is 8.25. The monoisotopic (exact) mass is 430 g/mol. The predicted molar refractivity (Wildman–Crippen MR) is 107 cm³/mol. The van der Waals surface area contributed by atoms with Crippen molar-refractivity contribution in [3.8, 4) is 0 Å². The Morgan fingerprint density at radius 3 is 2.32 bits per heavy atom. The van der Waals surface area contributed by atoms with Crippen LogP contribution in [0.5, 0.6) is 0 Å². The van der Waals surface area contributed by atoms with Crippen molar-refractivity contribution in [3.05, 3.63) is 64.4 Å². The van der Waals surface area contributed by atoms with Crippen molar-refractivity contribution in [1.82, 2.24) is 5.32 Å². The molecule has 1 fully saturated rings. The van der Waals surface area contributed by atoms with Crippen molar-refractivity contribution in [3.63, 3.8) is 0 Å². The highest BCUT2D eigenvalue weighted by Gasteiger charge is 2.36. The van der Waals surface area contributed by atoms with Gasteiger partial charge < -0.3 is 10.6 Å². The van der Waals surface area contributed by atoms with E-state index in [-0.39, 0.29) is 27.1 Å². The van der Waals surface area contributed by atoms with Gasteiger partial charge in [0.05, 0.1) is 10.6 Å². The Bertz CT molecular complexity index is 846. The van der Waals surface area contributed by atoms with E-state index in [9.17, 15) is 17.6 Å². The fraction of sp³-hybridized carbons (Fsp3) is 0.350. The molecule has 0 unspecified atom stereocenters. The van der Waals surface area contributed by atoms with Gasteiger partial charge in [-0.1, -0.05) is 36.6 Å². The Balaban J connectivity index is 1.68. The first kappa shape index (κ1) is 20.9. The van der Waals surface area contributed by atoms with E-state index in [1.807, 2.05) is 0 Å². The van der Waals surface area contributed by atoms with E-state index >= 15 is 0 Å². The van der Waals surface area contributed by atoms with Crippen molar-refractivity contribution in [1.29, 1.82) is 0 Å². The molecule has 2 aromatic carbocycles. The number of alkyl halides is 3. The lowest BCUT2D eigenvalue weighted by molar-refractivity contribution is -0.137. The van der Waals surface area contributed by atoms with Gasteiger partial charge in [0.15, 0.2) is 5.11 Å². The third-order valence-corrected chi connectivity index (χ3v) is 5.71. The molecule has 0 aliphatic heterocycles.